The second-order valence-corrected chi connectivity index (χ2v) is 5.52. The topological polar surface area (TPSA) is 61.4 Å². The van der Waals surface area contributed by atoms with Crippen LogP contribution < -0.4 is 15.5 Å². The summed E-state index contributed by atoms with van der Waals surface area (Å²) >= 11 is 0. The van der Waals surface area contributed by atoms with Gasteiger partial charge in [0.15, 0.2) is 0 Å². The van der Waals surface area contributed by atoms with Gasteiger partial charge in [-0.3, -0.25) is 4.79 Å². The third-order valence-corrected chi connectivity index (χ3v) is 3.66. The van der Waals surface area contributed by atoms with Gasteiger partial charge in [0.2, 0.25) is 5.91 Å². The van der Waals surface area contributed by atoms with Crippen LogP contribution in [0.1, 0.15) is 18.1 Å². The molecule has 0 heterocycles. The van der Waals surface area contributed by atoms with Gasteiger partial charge in [0, 0.05) is 31.9 Å². The number of hydrogen-bond acceptors (Lipinski definition) is 2. The van der Waals surface area contributed by atoms with E-state index >= 15 is 0 Å². The molecule has 0 aliphatic rings. The van der Waals surface area contributed by atoms with Gasteiger partial charge < -0.3 is 15.5 Å². The molecule has 24 heavy (non-hydrogen) atoms. The highest BCUT2D eigenvalue weighted by molar-refractivity contribution is 5.92. The summed E-state index contributed by atoms with van der Waals surface area (Å²) in [6.45, 7) is 3.47. The molecule has 0 fully saturated rings. The largest absolute Gasteiger partial charge is 0.334 e. The SMILES string of the molecule is CC(=O)N(C)c1ccc(NC(=O)NCc2ccc(F)c(C)c2)cc1. The molecule has 2 rings (SSSR count). The highest BCUT2D eigenvalue weighted by Gasteiger charge is 2.07. The van der Waals surface area contributed by atoms with E-state index in [1.54, 1.807) is 50.4 Å². The summed E-state index contributed by atoms with van der Waals surface area (Å²) in [4.78, 5) is 24.7. The molecule has 0 aromatic heterocycles. The fourth-order valence-electron chi connectivity index (χ4n) is 2.12. The Bertz CT molecular complexity index is 744. The number of urea groups is 1. The lowest BCUT2D eigenvalue weighted by Gasteiger charge is -2.15. The third-order valence-electron chi connectivity index (χ3n) is 3.66. The zero-order valence-electron chi connectivity index (χ0n) is 13.9. The smallest absolute Gasteiger partial charge is 0.319 e. The number of anilines is 2. The first-order chi connectivity index (χ1) is 11.4. The predicted octanol–water partition coefficient (Wildman–Crippen LogP) is 3.44. The first-order valence-electron chi connectivity index (χ1n) is 7.51. The summed E-state index contributed by atoms with van der Waals surface area (Å²) < 4.78 is 13.2. The molecule has 126 valence electrons. The van der Waals surface area contributed by atoms with Gasteiger partial charge in [0.05, 0.1) is 0 Å². The Hall–Kier alpha value is -2.89. The molecule has 0 aliphatic carbocycles. The first kappa shape index (κ1) is 17.5. The molecule has 0 bridgehead atoms. The fourth-order valence-corrected chi connectivity index (χ4v) is 2.12. The van der Waals surface area contributed by atoms with Crippen molar-refractivity contribution in [2.45, 2.75) is 20.4 Å². The summed E-state index contributed by atoms with van der Waals surface area (Å²) in [5.74, 6) is -0.332. The van der Waals surface area contributed by atoms with E-state index in [4.69, 9.17) is 0 Å². The molecule has 0 atom stereocenters. The minimum Gasteiger partial charge on any atom is -0.334 e. The maximum absolute atomic E-state index is 13.2. The van der Waals surface area contributed by atoms with Crippen molar-refractivity contribution in [2.24, 2.45) is 0 Å². The van der Waals surface area contributed by atoms with Crippen LogP contribution in [0.4, 0.5) is 20.6 Å². The fraction of sp³-hybridized carbons (Fsp3) is 0.222. The lowest BCUT2D eigenvalue weighted by atomic mass is 10.1. The van der Waals surface area contributed by atoms with Gasteiger partial charge in [-0.1, -0.05) is 12.1 Å². The molecule has 2 N–H and O–H groups in total. The van der Waals surface area contributed by atoms with E-state index < -0.39 is 0 Å². The quantitative estimate of drug-likeness (QED) is 0.902. The second-order valence-electron chi connectivity index (χ2n) is 5.52. The Labute approximate surface area is 140 Å². The van der Waals surface area contributed by atoms with Crippen molar-refractivity contribution in [1.82, 2.24) is 5.32 Å². The van der Waals surface area contributed by atoms with Gasteiger partial charge in [-0.2, -0.15) is 0 Å². The number of carbonyl (C=O) groups excluding carboxylic acids is 2. The summed E-state index contributed by atoms with van der Waals surface area (Å²) in [5.41, 5.74) is 2.72. The molecule has 0 unspecified atom stereocenters. The van der Waals surface area contributed by atoms with Gasteiger partial charge in [0.25, 0.3) is 0 Å². The Balaban J connectivity index is 1.90. The zero-order valence-corrected chi connectivity index (χ0v) is 13.9. The molecule has 0 spiro atoms. The number of benzene rings is 2. The van der Waals surface area contributed by atoms with Crippen LogP contribution in [0.5, 0.6) is 0 Å². The van der Waals surface area contributed by atoms with Gasteiger partial charge in [-0.25, -0.2) is 9.18 Å². The van der Waals surface area contributed by atoms with Crippen LogP contribution in [0.3, 0.4) is 0 Å². The van der Waals surface area contributed by atoms with Gasteiger partial charge in [0.1, 0.15) is 5.82 Å². The van der Waals surface area contributed by atoms with Crippen molar-refractivity contribution >= 4 is 23.3 Å². The van der Waals surface area contributed by atoms with E-state index in [9.17, 15) is 14.0 Å². The zero-order chi connectivity index (χ0) is 17.7. The summed E-state index contributed by atoms with van der Waals surface area (Å²) in [6.07, 6.45) is 0. The molecule has 3 amide bonds. The van der Waals surface area contributed by atoms with Crippen LogP contribution in [0.15, 0.2) is 42.5 Å². The number of halogens is 1. The number of rotatable bonds is 4. The Morgan fingerprint density at radius 3 is 2.38 bits per heavy atom. The molecular formula is C18H20FN3O2. The number of amides is 3. The molecule has 0 saturated heterocycles. The van der Waals surface area contributed by atoms with Crippen molar-refractivity contribution in [3.8, 4) is 0 Å². The monoisotopic (exact) mass is 329 g/mol. The average molecular weight is 329 g/mol. The van der Waals surface area contributed by atoms with Crippen LogP contribution in [-0.2, 0) is 11.3 Å². The van der Waals surface area contributed by atoms with Crippen molar-refractivity contribution in [1.29, 1.82) is 0 Å². The highest BCUT2D eigenvalue weighted by atomic mass is 19.1. The van der Waals surface area contributed by atoms with Gasteiger partial charge >= 0.3 is 6.03 Å². The molecule has 0 radical (unpaired) electrons. The molecule has 2 aromatic rings. The number of hydrogen-bond donors (Lipinski definition) is 2. The van der Waals surface area contributed by atoms with Gasteiger partial charge in [-0.05, 0) is 48.4 Å². The minimum atomic E-state index is -0.357. The summed E-state index contributed by atoms with van der Waals surface area (Å²) in [5, 5.41) is 5.42. The van der Waals surface area contributed by atoms with Crippen molar-refractivity contribution < 1.29 is 14.0 Å². The predicted molar refractivity (Wildman–Crippen MR) is 92.5 cm³/mol. The van der Waals surface area contributed by atoms with E-state index in [1.807, 2.05) is 0 Å². The second kappa shape index (κ2) is 7.59. The Kier molecular flexibility index (Phi) is 5.52. The van der Waals surface area contributed by atoms with E-state index in [0.717, 1.165) is 11.3 Å². The molecule has 2 aromatic carbocycles. The average Bonchev–Trinajstić information content (AvgIpc) is 2.56. The van der Waals surface area contributed by atoms with Crippen molar-refractivity contribution in [3.05, 3.63) is 59.4 Å². The molecule has 0 saturated carbocycles. The standard InChI is InChI=1S/C18H20FN3O2/c1-12-10-14(4-9-17(12)19)11-20-18(24)21-15-5-7-16(8-6-15)22(3)13(2)23/h4-10H,11H2,1-3H3,(H2,20,21,24). The van der Waals surface area contributed by atoms with Gasteiger partial charge in [-0.15, -0.1) is 0 Å². The molecule has 5 nitrogen and oxygen atoms in total. The Morgan fingerprint density at radius 2 is 1.79 bits per heavy atom. The van der Waals surface area contributed by atoms with Crippen LogP contribution >= 0.6 is 0 Å². The maximum Gasteiger partial charge on any atom is 0.319 e. The van der Waals surface area contributed by atoms with E-state index in [2.05, 4.69) is 10.6 Å². The van der Waals surface area contributed by atoms with Crippen molar-refractivity contribution in [3.63, 3.8) is 0 Å². The van der Waals surface area contributed by atoms with Crippen LogP contribution in [0.2, 0.25) is 0 Å². The van der Waals surface area contributed by atoms with Crippen LogP contribution in [0.25, 0.3) is 0 Å². The maximum atomic E-state index is 13.2. The number of carbonyl (C=O) groups is 2. The number of nitrogens with zero attached hydrogens (tertiary/aromatic N) is 1. The van der Waals surface area contributed by atoms with E-state index in [1.165, 1.54) is 17.9 Å². The first-order valence-corrected chi connectivity index (χ1v) is 7.51. The van der Waals surface area contributed by atoms with Crippen LogP contribution in [0, 0.1) is 12.7 Å². The van der Waals surface area contributed by atoms with E-state index in [-0.39, 0.29) is 17.8 Å². The number of aryl methyl sites for hydroxylation is 1. The summed E-state index contributed by atoms with van der Waals surface area (Å²) in [6, 6.07) is 11.3. The lowest BCUT2D eigenvalue weighted by molar-refractivity contribution is -0.116. The van der Waals surface area contributed by atoms with E-state index in [0.29, 0.717) is 17.8 Å². The Morgan fingerprint density at radius 1 is 1.12 bits per heavy atom. The van der Waals surface area contributed by atoms with Crippen molar-refractivity contribution in [2.75, 3.05) is 17.3 Å². The molecule has 6 heteroatoms. The molecular weight excluding hydrogens is 309 g/mol. The highest BCUT2D eigenvalue weighted by Crippen LogP contribution is 2.17. The minimum absolute atomic E-state index is 0.0666. The summed E-state index contributed by atoms with van der Waals surface area (Å²) in [7, 11) is 1.68. The molecule has 0 aliphatic heterocycles. The lowest BCUT2D eigenvalue weighted by Crippen LogP contribution is -2.28. The van der Waals surface area contributed by atoms with Crippen LogP contribution in [-0.4, -0.2) is 19.0 Å². The normalized spacial score (nSPS) is 10.2. The third kappa shape index (κ3) is 4.55. The number of nitrogens with one attached hydrogen (secondary N) is 2.